The third kappa shape index (κ3) is 3.29. The molecule has 0 spiro atoms. The average molecular weight is 306 g/mol. The first-order valence-corrected chi connectivity index (χ1v) is 7.63. The van der Waals surface area contributed by atoms with E-state index in [-0.39, 0.29) is 5.91 Å². The summed E-state index contributed by atoms with van der Waals surface area (Å²) in [5.74, 6) is -0.118. The lowest BCUT2D eigenvalue weighted by atomic mass is 10.1. The van der Waals surface area contributed by atoms with Gasteiger partial charge in [0.05, 0.1) is 11.3 Å². The normalized spacial score (nSPS) is 10.5. The van der Waals surface area contributed by atoms with Crippen LogP contribution in [-0.2, 0) is 0 Å². The summed E-state index contributed by atoms with van der Waals surface area (Å²) in [5, 5.41) is 7.51. The van der Waals surface area contributed by atoms with Crippen LogP contribution in [0.1, 0.15) is 23.7 Å². The summed E-state index contributed by atoms with van der Waals surface area (Å²) >= 11 is 0. The number of nitrogens with zero attached hydrogens (tertiary/aromatic N) is 3. The molecule has 1 N–H and O–H groups in total. The van der Waals surface area contributed by atoms with Crippen LogP contribution in [0.25, 0.3) is 16.9 Å². The molecule has 3 rings (SSSR count). The number of aromatic nitrogens is 3. The minimum atomic E-state index is -0.118. The van der Waals surface area contributed by atoms with E-state index in [4.69, 9.17) is 0 Å². The van der Waals surface area contributed by atoms with E-state index in [9.17, 15) is 4.79 Å². The Bertz CT molecular complexity index is 781. The minimum absolute atomic E-state index is 0.118. The molecular weight excluding hydrogens is 288 g/mol. The predicted molar refractivity (Wildman–Crippen MR) is 89.4 cm³/mol. The monoisotopic (exact) mass is 306 g/mol. The van der Waals surface area contributed by atoms with Crippen LogP contribution in [-0.4, -0.2) is 27.2 Å². The maximum absolute atomic E-state index is 12.5. The third-order valence-electron chi connectivity index (χ3n) is 3.45. The van der Waals surface area contributed by atoms with Crippen LogP contribution >= 0.6 is 0 Å². The number of nitrogens with one attached hydrogen (secondary N) is 1. The number of amides is 1. The first kappa shape index (κ1) is 15.0. The largest absolute Gasteiger partial charge is 0.352 e. The fraction of sp³-hybridized carbons (Fsp3) is 0.167. The van der Waals surface area contributed by atoms with E-state index in [1.54, 1.807) is 23.3 Å². The van der Waals surface area contributed by atoms with Crippen LogP contribution in [0.15, 0.2) is 61.1 Å². The van der Waals surface area contributed by atoms with Gasteiger partial charge in [-0.25, -0.2) is 4.68 Å². The van der Waals surface area contributed by atoms with E-state index < -0.39 is 0 Å². The van der Waals surface area contributed by atoms with Crippen molar-refractivity contribution in [1.82, 2.24) is 20.1 Å². The summed E-state index contributed by atoms with van der Waals surface area (Å²) in [6.07, 6.45) is 6.08. The zero-order valence-corrected chi connectivity index (χ0v) is 12.9. The second-order valence-electron chi connectivity index (χ2n) is 5.17. The van der Waals surface area contributed by atoms with Crippen molar-refractivity contribution in [2.45, 2.75) is 13.3 Å². The van der Waals surface area contributed by atoms with Gasteiger partial charge in [-0.3, -0.25) is 9.78 Å². The van der Waals surface area contributed by atoms with Gasteiger partial charge in [0, 0.05) is 30.7 Å². The molecule has 2 aromatic heterocycles. The van der Waals surface area contributed by atoms with Gasteiger partial charge in [0.15, 0.2) is 0 Å². The van der Waals surface area contributed by atoms with Crippen LogP contribution in [0.5, 0.6) is 0 Å². The number of rotatable bonds is 5. The van der Waals surface area contributed by atoms with Crippen molar-refractivity contribution in [2.75, 3.05) is 6.54 Å². The smallest absolute Gasteiger partial charge is 0.255 e. The Kier molecular flexibility index (Phi) is 4.47. The van der Waals surface area contributed by atoms with E-state index in [2.05, 4.69) is 15.4 Å². The predicted octanol–water partition coefficient (Wildman–Crippen LogP) is 3.07. The molecule has 0 unspecified atom stereocenters. The van der Waals surface area contributed by atoms with Crippen molar-refractivity contribution >= 4 is 5.91 Å². The van der Waals surface area contributed by atoms with E-state index in [1.165, 1.54) is 0 Å². The number of carbonyl (C=O) groups excluding carboxylic acids is 1. The van der Waals surface area contributed by atoms with Crippen LogP contribution in [0.4, 0.5) is 0 Å². The van der Waals surface area contributed by atoms with Crippen LogP contribution < -0.4 is 5.32 Å². The highest BCUT2D eigenvalue weighted by Crippen LogP contribution is 2.23. The van der Waals surface area contributed by atoms with Crippen LogP contribution in [0.3, 0.4) is 0 Å². The van der Waals surface area contributed by atoms with E-state index >= 15 is 0 Å². The van der Waals surface area contributed by atoms with Gasteiger partial charge in [-0.05, 0) is 30.7 Å². The molecule has 23 heavy (non-hydrogen) atoms. The molecule has 5 heteroatoms. The number of benzene rings is 1. The van der Waals surface area contributed by atoms with E-state index in [1.807, 2.05) is 49.4 Å². The Labute approximate surface area is 135 Å². The third-order valence-corrected chi connectivity index (χ3v) is 3.45. The molecule has 0 saturated carbocycles. The minimum Gasteiger partial charge on any atom is -0.352 e. The van der Waals surface area contributed by atoms with Crippen molar-refractivity contribution in [3.05, 3.63) is 66.6 Å². The number of carbonyl (C=O) groups is 1. The molecule has 116 valence electrons. The van der Waals surface area contributed by atoms with Crippen molar-refractivity contribution in [1.29, 1.82) is 0 Å². The number of hydrogen-bond donors (Lipinski definition) is 1. The van der Waals surface area contributed by atoms with Gasteiger partial charge in [-0.1, -0.05) is 25.1 Å². The molecule has 3 aromatic rings. The summed E-state index contributed by atoms with van der Waals surface area (Å²) in [6, 6.07) is 13.5. The molecule has 0 radical (unpaired) electrons. The first-order valence-electron chi connectivity index (χ1n) is 7.63. The van der Waals surface area contributed by atoms with E-state index in [0.717, 1.165) is 17.7 Å². The molecule has 2 heterocycles. The Hall–Kier alpha value is -2.95. The van der Waals surface area contributed by atoms with Gasteiger partial charge in [0.25, 0.3) is 5.91 Å². The maximum atomic E-state index is 12.5. The molecule has 1 aromatic carbocycles. The molecular formula is C18H18N4O. The second kappa shape index (κ2) is 6.87. The molecule has 0 aliphatic rings. The summed E-state index contributed by atoms with van der Waals surface area (Å²) in [7, 11) is 0. The lowest BCUT2D eigenvalue weighted by Gasteiger charge is -2.03. The van der Waals surface area contributed by atoms with Gasteiger partial charge in [-0.15, -0.1) is 0 Å². The van der Waals surface area contributed by atoms with Gasteiger partial charge < -0.3 is 5.32 Å². The molecule has 0 aliphatic carbocycles. The fourth-order valence-corrected chi connectivity index (χ4v) is 2.30. The molecule has 5 nitrogen and oxygen atoms in total. The van der Waals surface area contributed by atoms with Crippen molar-refractivity contribution < 1.29 is 4.79 Å². The summed E-state index contributed by atoms with van der Waals surface area (Å²) < 4.78 is 1.73. The Balaban J connectivity index is 2.05. The molecule has 0 fully saturated rings. The number of pyridine rings is 1. The number of para-hydroxylation sites is 1. The van der Waals surface area contributed by atoms with Crippen molar-refractivity contribution in [3.63, 3.8) is 0 Å². The average Bonchev–Trinajstić information content (AvgIpc) is 3.07. The Morgan fingerprint density at radius 2 is 2.00 bits per heavy atom. The lowest BCUT2D eigenvalue weighted by Crippen LogP contribution is -2.24. The second-order valence-corrected chi connectivity index (χ2v) is 5.17. The highest BCUT2D eigenvalue weighted by atomic mass is 16.1. The zero-order valence-electron chi connectivity index (χ0n) is 12.9. The molecule has 1 amide bonds. The molecule has 0 bridgehead atoms. The maximum Gasteiger partial charge on any atom is 0.255 e. The number of hydrogen-bond acceptors (Lipinski definition) is 3. The highest BCUT2D eigenvalue weighted by Gasteiger charge is 2.18. The Morgan fingerprint density at radius 1 is 1.17 bits per heavy atom. The fourth-order valence-electron chi connectivity index (χ4n) is 2.30. The van der Waals surface area contributed by atoms with Gasteiger partial charge in [0.1, 0.15) is 5.69 Å². The van der Waals surface area contributed by atoms with Crippen molar-refractivity contribution in [2.24, 2.45) is 0 Å². The van der Waals surface area contributed by atoms with Gasteiger partial charge in [0.2, 0.25) is 0 Å². The molecule has 0 aliphatic heterocycles. The standard InChI is InChI=1S/C18H18N4O/c1-2-10-20-18(23)16-13-22(15-8-4-3-5-9-15)21-17(16)14-7-6-11-19-12-14/h3-9,11-13H,2,10H2,1H3,(H,20,23). The Morgan fingerprint density at radius 3 is 2.70 bits per heavy atom. The summed E-state index contributed by atoms with van der Waals surface area (Å²) in [4.78, 5) is 16.6. The first-order chi connectivity index (χ1) is 11.3. The van der Waals surface area contributed by atoms with Crippen molar-refractivity contribution in [3.8, 4) is 16.9 Å². The van der Waals surface area contributed by atoms with Crippen LogP contribution in [0.2, 0.25) is 0 Å². The van der Waals surface area contributed by atoms with Gasteiger partial charge >= 0.3 is 0 Å². The SMILES string of the molecule is CCCNC(=O)c1cn(-c2ccccc2)nc1-c1cccnc1. The zero-order chi connectivity index (χ0) is 16.1. The topological polar surface area (TPSA) is 59.8 Å². The molecule has 0 atom stereocenters. The quantitative estimate of drug-likeness (QED) is 0.788. The van der Waals surface area contributed by atoms with Gasteiger partial charge in [-0.2, -0.15) is 5.10 Å². The summed E-state index contributed by atoms with van der Waals surface area (Å²) in [6.45, 7) is 2.66. The van der Waals surface area contributed by atoms with E-state index in [0.29, 0.717) is 17.8 Å². The molecule has 0 saturated heterocycles. The summed E-state index contributed by atoms with van der Waals surface area (Å²) in [5.41, 5.74) is 2.92. The van der Waals surface area contributed by atoms with Crippen LogP contribution in [0, 0.1) is 0 Å². The highest BCUT2D eigenvalue weighted by molar-refractivity contribution is 5.99. The lowest BCUT2D eigenvalue weighted by molar-refractivity contribution is 0.0954.